The van der Waals surface area contributed by atoms with Crippen molar-refractivity contribution in [1.29, 1.82) is 0 Å². The molecule has 0 spiro atoms. The maximum absolute atomic E-state index is 12.6. The van der Waals surface area contributed by atoms with Gasteiger partial charge in [0.05, 0.1) is 0 Å². The Hall–Kier alpha value is -1.35. The normalized spacial score (nSPS) is 26.4. The summed E-state index contributed by atoms with van der Waals surface area (Å²) in [6.07, 6.45) is 0.921. The lowest BCUT2D eigenvalue weighted by atomic mass is 10.0. The van der Waals surface area contributed by atoms with Gasteiger partial charge in [0.1, 0.15) is 0 Å². The summed E-state index contributed by atoms with van der Waals surface area (Å²) in [5.41, 5.74) is 2.06. The van der Waals surface area contributed by atoms with Crippen molar-refractivity contribution in [3.63, 3.8) is 0 Å². The van der Waals surface area contributed by atoms with Crippen molar-refractivity contribution in [2.24, 2.45) is 11.8 Å². The average Bonchev–Trinajstić information content (AvgIpc) is 2.98. The van der Waals surface area contributed by atoms with Gasteiger partial charge in [-0.05, 0) is 29.9 Å². The molecule has 1 amide bonds. The number of carbonyl (C=O) groups excluding carboxylic acids is 1. The van der Waals surface area contributed by atoms with Crippen LogP contribution < -0.4 is 5.32 Å². The van der Waals surface area contributed by atoms with Gasteiger partial charge < -0.3 is 10.2 Å². The molecule has 3 heteroatoms. The number of aryl methyl sites for hydroxylation is 1. The van der Waals surface area contributed by atoms with Crippen LogP contribution in [0.2, 0.25) is 0 Å². The number of nitrogens with zero attached hydrogens (tertiary/aromatic N) is 1. The molecule has 0 aliphatic carbocycles. The van der Waals surface area contributed by atoms with Gasteiger partial charge in [-0.3, -0.25) is 4.79 Å². The Bertz CT molecular complexity index is 446. The molecule has 18 heavy (non-hydrogen) atoms. The van der Waals surface area contributed by atoms with Crippen LogP contribution in [-0.4, -0.2) is 37.0 Å². The summed E-state index contributed by atoms with van der Waals surface area (Å²) in [4.78, 5) is 14.6. The van der Waals surface area contributed by atoms with E-state index < -0.39 is 0 Å². The molecule has 2 heterocycles. The summed E-state index contributed by atoms with van der Waals surface area (Å²) in [6, 6.07) is 8.00. The van der Waals surface area contributed by atoms with Crippen molar-refractivity contribution >= 4 is 5.91 Å². The molecule has 0 radical (unpaired) electrons. The van der Waals surface area contributed by atoms with Gasteiger partial charge in [0.15, 0.2) is 0 Å². The summed E-state index contributed by atoms with van der Waals surface area (Å²) in [5.74, 6) is 1.56. The van der Waals surface area contributed by atoms with E-state index >= 15 is 0 Å². The van der Waals surface area contributed by atoms with Gasteiger partial charge in [-0.1, -0.05) is 25.1 Å². The van der Waals surface area contributed by atoms with E-state index in [1.807, 2.05) is 23.1 Å². The molecule has 2 aliphatic rings. The van der Waals surface area contributed by atoms with Gasteiger partial charge in [-0.25, -0.2) is 0 Å². The first-order valence-corrected chi connectivity index (χ1v) is 6.87. The predicted molar refractivity (Wildman–Crippen MR) is 71.6 cm³/mol. The molecule has 2 atom stereocenters. The van der Waals surface area contributed by atoms with Gasteiger partial charge in [-0.15, -0.1) is 0 Å². The number of nitrogens with one attached hydrogen (secondary N) is 1. The molecule has 3 nitrogen and oxygen atoms in total. The molecular weight excluding hydrogens is 224 g/mol. The van der Waals surface area contributed by atoms with Crippen LogP contribution >= 0.6 is 0 Å². The highest BCUT2D eigenvalue weighted by Crippen LogP contribution is 2.28. The van der Waals surface area contributed by atoms with Gasteiger partial charge in [0, 0.05) is 31.7 Å². The lowest BCUT2D eigenvalue weighted by Gasteiger charge is -2.19. The van der Waals surface area contributed by atoms with Crippen LogP contribution in [0.1, 0.15) is 22.8 Å². The largest absolute Gasteiger partial charge is 0.338 e. The van der Waals surface area contributed by atoms with Gasteiger partial charge >= 0.3 is 0 Å². The summed E-state index contributed by atoms with van der Waals surface area (Å²) >= 11 is 0. The van der Waals surface area contributed by atoms with E-state index in [4.69, 9.17) is 0 Å². The molecule has 1 aromatic rings. The van der Waals surface area contributed by atoms with E-state index in [2.05, 4.69) is 18.3 Å². The first kappa shape index (κ1) is 11.7. The Morgan fingerprint density at radius 3 is 2.61 bits per heavy atom. The Kier molecular flexibility index (Phi) is 3.08. The number of benzene rings is 1. The van der Waals surface area contributed by atoms with Gasteiger partial charge in [-0.2, -0.15) is 0 Å². The number of hydrogen-bond donors (Lipinski definition) is 1. The minimum absolute atomic E-state index is 0.224. The summed E-state index contributed by atoms with van der Waals surface area (Å²) in [7, 11) is 0. The van der Waals surface area contributed by atoms with E-state index in [0.29, 0.717) is 11.8 Å². The lowest BCUT2D eigenvalue weighted by Crippen LogP contribution is -2.32. The van der Waals surface area contributed by atoms with Crippen molar-refractivity contribution in [1.82, 2.24) is 10.2 Å². The van der Waals surface area contributed by atoms with Crippen LogP contribution in [0, 0.1) is 11.8 Å². The third-order valence-electron chi connectivity index (χ3n) is 4.31. The standard InChI is InChI=1S/C15H20N2O/c1-2-11-5-3-4-6-14(11)15(18)17-9-12-7-16-8-13(12)10-17/h3-6,12-13,16H,2,7-10H2,1H3. The van der Waals surface area contributed by atoms with Crippen LogP contribution in [0.4, 0.5) is 0 Å². The highest BCUT2D eigenvalue weighted by molar-refractivity contribution is 5.95. The van der Waals surface area contributed by atoms with Crippen LogP contribution in [0.15, 0.2) is 24.3 Å². The highest BCUT2D eigenvalue weighted by atomic mass is 16.2. The molecule has 1 aromatic carbocycles. The minimum atomic E-state index is 0.224. The number of fused-ring (bicyclic) bond motifs is 1. The number of amides is 1. The number of likely N-dealkylation sites (tertiary alicyclic amines) is 1. The zero-order chi connectivity index (χ0) is 12.5. The average molecular weight is 244 g/mol. The SMILES string of the molecule is CCc1ccccc1C(=O)N1CC2CNCC2C1. The van der Waals surface area contributed by atoms with E-state index in [0.717, 1.165) is 43.7 Å². The number of rotatable bonds is 2. The molecule has 2 aliphatic heterocycles. The van der Waals surface area contributed by atoms with Crippen LogP contribution in [0.5, 0.6) is 0 Å². The minimum Gasteiger partial charge on any atom is -0.338 e. The van der Waals surface area contributed by atoms with Crippen LogP contribution in [0.25, 0.3) is 0 Å². The van der Waals surface area contributed by atoms with Crippen molar-refractivity contribution in [3.05, 3.63) is 35.4 Å². The third kappa shape index (κ3) is 1.93. The summed E-state index contributed by atoms with van der Waals surface area (Å²) in [5, 5.41) is 3.41. The fraction of sp³-hybridized carbons (Fsp3) is 0.533. The van der Waals surface area contributed by atoms with Gasteiger partial charge in [0.2, 0.25) is 0 Å². The quantitative estimate of drug-likeness (QED) is 0.856. The summed E-state index contributed by atoms with van der Waals surface area (Å²) < 4.78 is 0. The molecule has 2 saturated heterocycles. The third-order valence-corrected chi connectivity index (χ3v) is 4.31. The van der Waals surface area contributed by atoms with E-state index in [1.165, 1.54) is 0 Å². The smallest absolute Gasteiger partial charge is 0.254 e. The first-order chi connectivity index (χ1) is 8.79. The first-order valence-electron chi connectivity index (χ1n) is 6.87. The van der Waals surface area contributed by atoms with Crippen molar-refractivity contribution in [2.45, 2.75) is 13.3 Å². The molecule has 1 N–H and O–H groups in total. The highest BCUT2D eigenvalue weighted by Gasteiger charge is 2.38. The fourth-order valence-electron chi connectivity index (χ4n) is 3.23. The topological polar surface area (TPSA) is 32.3 Å². The summed E-state index contributed by atoms with van der Waals surface area (Å²) in [6.45, 7) is 6.10. The van der Waals surface area contributed by atoms with Crippen molar-refractivity contribution < 1.29 is 4.79 Å². The fourth-order valence-corrected chi connectivity index (χ4v) is 3.23. The Labute approximate surface area is 108 Å². The van der Waals surface area contributed by atoms with Crippen molar-refractivity contribution in [3.8, 4) is 0 Å². The Morgan fingerprint density at radius 1 is 1.28 bits per heavy atom. The molecule has 2 unspecified atom stereocenters. The lowest BCUT2D eigenvalue weighted by molar-refractivity contribution is 0.0780. The molecule has 0 aromatic heterocycles. The van der Waals surface area contributed by atoms with E-state index in [9.17, 15) is 4.79 Å². The van der Waals surface area contributed by atoms with Crippen LogP contribution in [-0.2, 0) is 6.42 Å². The second kappa shape index (κ2) is 4.73. The number of carbonyl (C=O) groups is 1. The molecule has 0 bridgehead atoms. The zero-order valence-corrected chi connectivity index (χ0v) is 10.9. The van der Waals surface area contributed by atoms with Gasteiger partial charge in [0.25, 0.3) is 5.91 Å². The molecule has 3 rings (SSSR count). The van der Waals surface area contributed by atoms with Crippen molar-refractivity contribution in [2.75, 3.05) is 26.2 Å². The monoisotopic (exact) mass is 244 g/mol. The second-order valence-electron chi connectivity index (χ2n) is 5.40. The molecular formula is C15H20N2O. The molecule has 96 valence electrons. The van der Waals surface area contributed by atoms with Crippen LogP contribution in [0.3, 0.4) is 0 Å². The van der Waals surface area contributed by atoms with E-state index in [1.54, 1.807) is 0 Å². The maximum Gasteiger partial charge on any atom is 0.254 e. The number of hydrogen-bond acceptors (Lipinski definition) is 2. The zero-order valence-electron chi connectivity index (χ0n) is 10.9. The second-order valence-corrected chi connectivity index (χ2v) is 5.40. The Balaban J connectivity index is 1.79. The molecule has 0 saturated carbocycles. The molecule has 2 fully saturated rings. The Morgan fingerprint density at radius 2 is 1.94 bits per heavy atom. The maximum atomic E-state index is 12.6. The predicted octanol–water partition coefficient (Wildman–Crippen LogP) is 1.54. The van der Waals surface area contributed by atoms with E-state index in [-0.39, 0.29) is 5.91 Å².